The SMILES string of the molecule is O=C(Cc1ccccc1OC(F)(F)F)C1CCN(Cc2ncc[nH]c2=O)CC1. The number of H-pyrrole nitrogens is 1. The monoisotopic (exact) mass is 395 g/mol. The summed E-state index contributed by atoms with van der Waals surface area (Å²) in [5.41, 5.74) is 0.416. The van der Waals surface area contributed by atoms with E-state index in [4.69, 9.17) is 0 Å². The van der Waals surface area contributed by atoms with Crippen LogP contribution in [0.2, 0.25) is 0 Å². The molecule has 28 heavy (non-hydrogen) atoms. The van der Waals surface area contributed by atoms with Crippen LogP contribution in [-0.2, 0) is 17.8 Å². The van der Waals surface area contributed by atoms with E-state index in [1.54, 1.807) is 6.07 Å². The molecule has 0 radical (unpaired) electrons. The van der Waals surface area contributed by atoms with Crippen molar-refractivity contribution in [2.45, 2.75) is 32.2 Å². The number of para-hydroxylation sites is 1. The number of ether oxygens (including phenoxy) is 1. The van der Waals surface area contributed by atoms with Gasteiger partial charge in [-0.1, -0.05) is 18.2 Å². The molecule has 0 amide bonds. The van der Waals surface area contributed by atoms with Gasteiger partial charge in [-0.05, 0) is 32.0 Å². The smallest absolute Gasteiger partial charge is 0.405 e. The maximum Gasteiger partial charge on any atom is 0.573 e. The van der Waals surface area contributed by atoms with Crippen molar-refractivity contribution in [1.82, 2.24) is 14.9 Å². The Hall–Kier alpha value is -2.68. The molecular weight excluding hydrogens is 375 g/mol. The van der Waals surface area contributed by atoms with E-state index >= 15 is 0 Å². The van der Waals surface area contributed by atoms with Crippen molar-refractivity contribution in [1.29, 1.82) is 0 Å². The summed E-state index contributed by atoms with van der Waals surface area (Å²) in [7, 11) is 0. The van der Waals surface area contributed by atoms with E-state index < -0.39 is 6.36 Å². The Morgan fingerprint density at radius 2 is 1.96 bits per heavy atom. The molecule has 1 fully saturated rings. The van der Waals surface area contributed by atoms with Crippen LogP contribution in [0.1, 0.15) is 24.1 Å². The third-order valence-corrected chi connectivity index (χ3v) is 4.76. The Kier molecular flexibility index (Phi) is 6.13. The summed E-state index contributed by atoms with van der Waals surface area (Å²) in [6.45, 7) is 1.64. The maximum absolute atomic E-state index is 12.6. The van der Waals surface area contributed by atoms with Gasteiger partial charge in [0, 0.05) is 36.8 Å². The first-order chi connectivity index (χ1) is 13.3. The molecule has 150 valence electrons. The van der Waals surface area contributed by atoms with Gasteiger partial charge in [-0.3, -0.25) is 19.5 Å². The zero-order valence-electron chi connectivity index (χ0n) is 15.0. The molecule has 1 aliphatic heterocycles. The maximum atomic E-state index is 12.6. The van der Waals surface area contributed by atoms with Crippen LogP contribution in [0.15, 0.2) is 41.5 Å². The van der Waals surface area contributed by atoms with Crippen molar-refractivity contribution in [3.8, 4) is 5.75 Å². The highest BCUT2D eigenvalue weighted by atomic mass is 19.4. The number of nitrogens with zero attached hydrogens (tertiary/aromatic N) is 2. The molecule has 0 atom stereocenters. The molecule has 0 unspecified atom stereocenters. The van der Waals surface area contributed by atoms with Crippen LogP contribution in [0.4, 0.5) is 13.2 Å². The largest absolute Gasteiger partial charge is 0.573 e. The zero-order valence-corrected chi connectivity index (χ0v) is 15.0. The summed E-state index contributed by atoms with van der Waals surface area (Å²) in [5.74, 6) is -0.666. The zero-order chi connectivity index (χ0) is 20.1. The predicted octanol–water partition coefficient (Wildman–Crippen LogP) is 2.69. The minimum absolute atomic E-state index is 0.100. The summed E-state index contributed by atoms with van der Waals surface area (Å²) < 4.78 is 41.6. The summed E-state index contributed by atoms with van der Waals surface area (Å²) >= 11 is 0. The molecule has 1 aromatic heterocycles. The summed E-state index contributed by atoms with van der Waals surface area (Å²) in [4.78, 5) is 33.0. The average Bonchev–Trinajstić information content (AvgIpc) is 2.64. The minimum Gasteiger partial charge on any atom is -0.405 e. The first kappa shape index (κ1) is 20.1. The van der Waals surface area contributed by atoms with Crippen LogP contribution in [0.5, 0.6) is 5.75 Å². The highest BCUT2D eigenvalue weighted by Crippen LogP contribution is 2.28. The van der Waals surface area contributed by atoms with E-state index in [2.05, 4.69) is 14.7 Å². The number of aromatic amines is 1. The molecular formula is C19H20F3N3O3. The van der Waals surface area contributed by atoms with Crippen molar-refractivity contribution in [3.05, 3.63) is 58.3 Å². The molecule has 0 bridgehead atoms. The number of carbonyl (C=O) groups is 1. The number of ketones is 1. The topological polar surface area (TPSA) is 75.3 Å². The van der Waals surface area contributed by atoms with Crippen LogP contribution in [-0.4, -0.2) is 40.1 Å². The van der Waals surface area contributed by atoms with Gasteiger partial charge >= 0.3 is 6.36 Å². The summed E-state index contributed by atoms with van der Waals surface area (Å²) in [6, 6.07) is 5.70. The molecule has 2 heterocycles. The normalized spacial score (nSPS) is 16.1. The van der Waals surface area contributed by atoms with Crippen molar-refractivity contribution in [2.24, 2.45) is 5.92 Å². The van der Waals surface area contributed by atoms with Crippen LogP contribution >= 0.6 is 0 Å². The van der Waals surface area contributed by atoms with Crippen molar-refractivity contribution >= 4 is 5.78 Å². The second kappa shape index (κ2) is 8.55. The van der Waals surface area contributed by atoms with Crippen molar-refractivity contribution in [2.75, 3.05) is 13.1 Å². The van der Waals surface area contributed by atoms with E-state index in [0.717, 1.165) is 0 Å². The first-order valence-corrected chi connectivity index (χ1v) is 8.93. The van der Waals surface area contributed by atoms with Gasteiger partial charge in [0.25, 0.3) is 5.56 Å². The number of hydrogen-bond acceptors (Lipinski definition) is 5. The number of carbonyl (C=O) groups excluding carboxylic acids is 1. The van der Waals surface area contributed by atoms with E-state index in [1.807, 2.05) is 4.90 Å². The van der Waals surface area contributed by atoms with Gasteiger partial charge in [0.05, 0.1) is 0 Å². The van der Waals surface area contributed by atoms with Crippen LogP contribution in [0, 0.1) is 5.92 Å². The highest BCUT2D eigenvalue weighted by Gasteiger charge is 2.33. The first-order valence-electron chi connectivity index (χ1n) is 8.93. The molecule has 3 rings (SSSR count). The van der Waals surface area contributed by atoms with Crippen molar-refractivity contribution < 1.29 is 22.7 Å². The number of nitrogens with one attached hydrogen (secondary N) is 1. The van der Waals surface area contributed by atoms with E-state index in [-0.39, 0.29) is 35.0 Å². The number of likely N-dealkylation sites (tertiary alicyclic amines) is 1. The Bertz CT molecular complexity index is 874. The lowest BCUT2D eigenvalue weighted by atomic mass is 9.89. The minimum atomic E-state index is -4.80. The van der Waals surface area contributed by atoms with Gasteiger partial charge in [-0.15, -0.1) is 13.2 Å². The number of rotatable bonds is 6. The van der Waals surface area contributed by atoms with Gasteiger partial charge in [-0.25, -0.2) is 0 Å². The fraction of sp³-hybridized carbons (Fsp3) is 0.421. The van der Waals surface area contributed by atoms with Gasteiger partial charge in [-0.2, -0.15) is 0 Å². The number of Topliss-reactive ketones (excluding diaryl/α,β-unsaturated/α-hetero) is 1. The van der Waals surface area contributed by atoms with E-state index in [0.29, 0.717) is 38.2 Å². The molecule has 9 heteroatoms. The standard InChI is InChI=1S/C19H20F3N3O3/c20-19(21,22)28-17-4-2-1-3-14(17)11-16(26)13-5-9-25(10-6-13)12-15-18(27)24-8-7-23-15/h1-4,7-8,13H,5-6,9-12H2,(H,24,27). The fourth-order valence-corrected chi connectivity index (χ4v) is 3.33. The van der Waals surface area contributed by atoms with E-state index in [1.165, 1.54) is 30.6 Å². The molecule has 0 aliphatic carbocycles. The molecule has 2 aromatic rings. The molecule has 0 spiro atoms. The number of halogens is 3. The van der Waals surface area contributed by atoms with Gasteiger partial charge in [0.2, 0.25) is 0 Å². The van der Waals surface area contributed by atoms with Gasteiger partial charge < -0.3 is 9.72 Å². The second-order valence-electron chi connectivity index (χ2n) is 6.71. The van der Waals surface area contributed by atoms with Crippen LogP contribution in [0.3, 0.4) is 0 Å². The molecule has 1 N–H and O–H groups in total. The fourth-order valence-electron chi connectivity index (χ4n) is 3.33. The quantitative estimate of drug-likeness (QED) is 0.814. The van der Waals surface area contributed by atoms with Gasteiger partial charge in [0.15, 0.2) is 0 Å². The Balaban J connectivity index is 1.56. The second-order valence-corrected chi connectivity index (χ2v) is 6.71. The van der Waals surface area contributed by atoms with Crippen molar-refractivity contribution in [3.63, 3.8) is 0 Å². The third-order valence-electron chi connectivity index (χ3n) is 4.76. The average molecular weight is 395 g/mol. The molecule has 1 saturated heterocycles. The number of piperidine rings is 1. The summed E-state index contributed by atoms with van der Waals surface area (Å²) in [6.07, 6.45) is -0.729. The predicted molar refractivity (Wildman–Crippen MR) is 94.7 cm³/mol. The van der Waals surface area contributed by atoms with Gasteiger partial charge in [0.1, 0.15) is 17.2 Å². The lowest BCUT2D eigenvalue weighted by Gasteiger charge is -2.30. The Morgan fingerprint density at radius 3 is 2.64 bits per heavy atom. The lowest BCUT2D eigenvalue weighted by Crippen LogP contribution is -2.37. The molecule has 6 nitrogen and oxygen atoms in total. The molecule has 1 aromatic carbocycles. The number of hydrogen-bond donors (Lipinski definition) is 1. The third kappa shape index (κ3) is 5.41. The number of benzene rings is 1. The van der Waals surface area contributed by atoms with E-state index in [9.17, 15) is 22.8 Å². The van der Waals surface area contributed by atoms with Crippen LogP contribution < -0.4 is 10.3 Å². The molecule has 0 saturated carbocycles. The highest BCUT2D eigenvalue weighted by molar-refractivity contribution is 5.84. The number of alkyl halides is 3. The number of aromatic nitrogens is 2. The lowest BCUT2D eigenvalue weighted by molar-refractivity contribution is -0.274. The Labute approximate surface area is 159 Å². The van der Waals surface area contributed by atoms with Crippen LogP contribution in [0.25, 0.3) is 0 Å². The summed E-state index contributed by atoms with van der Waals surface area (Å²) in [5, 5.41) is 0. The molecule has 1 aliphatic rings. The Morgan fingerprint density at radius 1 is 1.25 bits per heavy atom.